The first-order chi connectivity index (χ1) is 49.9. The normalized spacial score (nSPS) is 20.7. The van der Waals surface area contributed by atoms with Crippen molar-refractivity contribution in [2.75, 3.05) is 75.7 Å². The van der Waals surface area contributed by atoms with Crippen molar-refractivity contribution < 1.29 is 93.0 Å². The number of carboxylic acid groups (broad SMARTS) is 3. The number of nitrogens with zero attached hydrogens (tertiary/aromatic N) is 3. The first-order valence-corrected chi connectivity index (χ1v) is 36.4. The van der Waals surface area contributed by atoms with Crippen molar-refractivity contribution in [2.24, 2.45) is 17.2 Å². The highest BCUT2D eigenvalue weighted by molar-refractivity contribution is 8.76. The number of hydrogen-bond donors (Lipinski definition) is 18. The van der Waals surface area contributed by atoms with E-state index in [-0.39, 0.29) is 108 Å². The zero-order chi connectivity index (χ0) is 76.9. The van der Waals surface area contributed by atoms with E-state index in [9.17, 15) is 78.6 Å². The minimum atomic E-state index is -1.86. The maximum Gasteiger partial charge on any atom is 0.320 e. The van der Waals surface area contributed by atoms with Gasteiger partial charge in [0.2, 0.25) is 53.2 Å². The first-order valence-electron chi connectivity index (χ1n) is 33.6. The fourth-order valence-corrected chi connectivity index (χ4v) is 13.8. The second-order valence-corrected chi connectivity index (χ2v) is 28.2. The van der Waals surface area contributed by atoms with Crippen LogP contribution in [0.15, 0.2) is 97.1 Å². The van der Waals surface area contributed by atoms with E-state index >= 15 is 14.4 Å². The summed E-state index contributed by atoms with van der Waals surface area (Å²) in [6, 6.07) is 7.85. The third kappa shape index (κ3) is 29.0. The van der Waals surface area contributed by atoms with Crippen molar-refractivity contribution in [1.82, 2.24) is 57.2 Å². The first kappa shape index (κ1) is 84.1. The van der Waals surface area contributed by atoms with E-state index in [1.54, 1.807) is 12.1 Å². The summed E-state index contributed by atoms with van der Waals surface area (Å²) in [6.07, 6.45) is -3.34. The Bertz CT molecular complexity index is 3640. The highest BCUT2D eigenvalue weighted by atomic mass is 35.5. The number of phenols is 2. The molecule has 0 aliphatic carbocycles. The van der Waals surface area contributed by atoms with Crippen LogP contribution in [-0.2, 0) is 83.2 Å². The Hall–Kier alpha value is -9.82. The van der Waals surface area contributed by atoms with E-state index < -0.39 is 169 Å². The molecule has 37 heteroatoms. The highest BCUT2D eigenvalue weighted by Gasteiger charge is 2.38. The van der Waals surface area contributed by atoms with E-state index in [2.05, 4.69) is 47.9 Å². The van der Waals surface area contributed by atoms with Crippen LogP contribution in [0.3, 0.4) is 0 Å². The number of rotatable bonds is 29. The van der Waals surface area contributed by atoms with Crippen molar-refractivity contribution >= 4 is 116 Å². The molecule has 0 spiro atoms. The van der Waals surface area contributed by atoms with Gasteiger partial charge in [-0.3, -0.25) is 72.2 Å². The standard InChI is InChI=1S/C68H90ClN15O19S2/c1-38(85)58-66(100)80-53(64(98)76-48(59(71)93)30-41-9-17-45(86)18-10-41)37-105-104-36-52(79-61(95)49(31-39-5-13-43(69)14-6-39)74-55(88)22-21-54(67(101)102)84-28-26-82(34-56(89)90)24-25-83(27-29-84)35-57(91)92)65(99)78-51(33-42-11-19-46(87)20-12-42)63(97)77-50(32-40-7-15-44(16-8-40)73-68(72)103)62(96)75-47(60(94)81-58)4-2-3-23-70/h5-20,38,47-54,58,85-87H,2-4,21-37,70H2,1H3,(H2,71,93)(H,74,88)(H,75,96)(H,76,98)(H,77,97)(H,78,99)(H,79,95)(H,80,100)(H,81,94)(H,89,90)(H,91,92)(H,101,102)(H3,72,73,103)/t38-,47?,48-,49+,50?,51+,52?,53+,54+,58+/m1/s1. The summed E-state index contributed by atoms with van der Waals surface area (Å²) in [7, 11) is 1.68. The average Bonchev–Trinajstić information content (AvgIpc) is 1.56. The number of carbonyl (C=O) groups excluding carboxylic acids is 10. The molecule has 21 N–H and O–H groups in total. The lowest BCUT2D eigenvalue weighted by Crippen LogP contribution is -2.62. The summed E-state index contributed by atoms with van der Waals surface area (Å²) in [5.41, 5.74) is 18.8. The quantitative estimate of drug-likeness (QED) is 0.0209. The number of benzene rings is 4. The number of aliphatic carboxylic acids is 3. The summed E-state index contributed by atoms with van der Waals surface area (Å²) >= 11 is 6.26. The van der Waals surface area contributed by atoms with Crippen LogP contribution in [0.25, 0.3) is 0 Å². The number of unbranched alkanes of at least 4 members (excludes halogenated alkanes) is 1. The molecular weight excluding hydrogens is 1430 g/mol. The molecule has 0 aromatic heterocycles. The number of urea groups is 1. The molecule has 105 heavy (non-hydrogen) atoms. The molecule has 34 nitrogen and oxygen atoms in total. The number of aromatic hydroxyl groups is 2. The molecule has 4 aromatic rings. The number of carboxylic acids is 3. The molecule has 570 valence electrons. The summed E-state index contributed by atoms with van der Waals surface area (Å²) in [6.45, 7) is 0.957. The minimum Gasteiger partial charge on any atom is -0.508 e. The number of hydrogen-bond acceptors (Lipinski definition) is 22. The van der Waals surface area contributed by atoms with E-state index in [0.717, 1.165) is 28.5 Å². The molecule has 3 unspecified atom stereocenters. The number of aliphatic hydroxyl groups excluding tert-OH is 1. The van der Waals surface area contributed by atoms with Gasteiger partial charge in [0.25, 0.3) is 0 Å². The highest BCUT2D eigenvalue weighted by Crippen LogP contribution is 2.25. The smallest absolute Gasteiger partial charge is 0.320 e. The fraction of sp³-hybridized carbons (Fsp3) is 0.456. The van der Waals surface area contributed by atoms with E-state index in [1.807, 2.05) is 0 Å². The van der Waals surface area contributed by atoms with Gasteiger partial charge in [0.15, 0.2) is 0 Å². The number of aliphatic hydroxyl groups is 1. The largest absolute Gasteiger partial charge is 0.508 e. The Morgan fingerprint density at radius 3 is 1.59 bits per heavy atom. The molecule has 0 bridgehead atoms. The van der Waals surface area contributed by atoms with Crippen LogP contribution in [-0.4, -0.2) is 253 Å². The molecule has 2 fully saturated rings. The Kier molecular flexibility index (Phi) is 33.8. The molecule has 2 heterocycles. The number of amides is 11. The van der Waals surface area contributed by atoms with Gasteiger partial charge in [-0.25, -0.2) is 4.79 Å². The lowest BCUT2D eigenvalue weighted by molar-refractivity contribution is -0.145. The van der Waals surface area contributed by atoms with Crippen LogP contribution in [0.5, 0.6) is 11.5 Å². The van der Waals surface area contributed by atoms with Crippen molar-refractivity contribution in [3.05, 3.63) is 124 Å². The lowest BCUT2D eigenvalue weighted by atomic mass is 10.0. The van der Waals surface area contributed by atoms with Crippen molar-refractivity contribution in [2.45, 2.75) is 125 Å². The Morgan fingerprint density at radius 1 is 0.590 bits per heavy atom. The number of nitrogens with two attached hydrogens (primary N) is 3. The predicted molar refractivity (Wildman–Crippen MR) is 387 cm³/mol. The van der Waals surface area contributed by atoms with Gasteiger partial charge in [0.1, 0.15) is 65.9 Å². The van der Waals surface area contributed by atoms with Crippen LogP contribution in [0.1, 0.15) is 61.3 Å². The molecule has 10 atom stereocenters. The Labute approximate surface area is 617 Å². The number of halogens is 1. The van der Waals surface area contributed by atoms with Gasteiger partial charge in [-0.15, -0.1) is 0 Å². The topological polar surface area (TPSA) is 539 Å². The van der Waals surface area contributed by atoms with Gasteiger partial charge in [-0.2, -0.15) is 0 Å². The molecule has 2 aliphatic rings. The molecular formula is C68H90ClN15O19S2. The second kappa shape index (κ2) is 42.2. The molecule has 11 amide bonds. The van der Waals surface area contributed by atoms with Gasteiger partial charge in [0, 0.05) is 93.6 Å². The SMILES string of the molecule is C[C@@H](O)[C@@H]1NC(=O)C(CCCCN)NC(=O)C(Cc2ccc(NC(N)=O)cc2)NC(=O)[C@H](Cc2ccc(O)cc2)NC(=O)C(NC(=O)[C@H](Cc2ccc(Cl)cc2)NC(=O)CC[C@@H](C(=O)O)N2CCN(CC(=O)O)CCN(CC(=O)O)CC2)CSSC[C@@H](C(=O)N[C@H](Cc2ccc(O)cc2)C(N)=O)NC1=O. The van der Waals surface area contributed by atoms with E-state index in [4.69, 9.17) is 28.8 Å². The molecule has 0 saturated carbocycles. The zero-order valence-corrected chi connectivity index (χ0v) is 59.8. The molecule has 2 aliphatic heterocycles. The Balaban J connectivity index is 1.42. The minimum absolute atomic E-state index is 0.00853. The van der Waals surface area contributed by atoms with Crippen molar-refractivity contribution in [3.63, 3.8) is 0 Å². The monoisotopic (exact) mass is 1520 g/mol. The van der Waals surface area contributed by atoms with Crippen LogP contribution >= 0.6 is 33.2 Å². The van der Waals surface area contributed by atoms with Crippen LogP contribution in [0.4, 0.5) is 10.5 Å². The summed E-state index contributed by atoms with van der Waals surface area (Å²) in [5.74, 6) is -13.9. The second-order valence-electron chi connectivity index (χ2n) is 25.2. The van der Waals surface area contributed by atoms with Crippen LogP contribution in [0.2, 0.25) is 5.02 Å². The zero-order valence-electron chi connectivity index (χ0n) is 57.4. The van der Waals surface area contributed by atoms with E-state index in [0.29, 0.717) is 33.7 Å². The summed E-state index contributed by atoms with van der Waals surface area (Å²) in [4.78, 5) is 184. The van der Waals surface area contributed by atoms with Gasteiger partial charge >= 0.3 is 23.9 Å². The predicted octanol–water partition coefficient (Wildman–Crippen LogP) is -1.90. The summed E-state index contributed by atoms with van der Waals surface area (Å²) < 4.78 is 0. The Morgan fingerprint density at radius 2 is 1.08 bits per heavy atom. The van der Waals surface area contributed by atoms with Crippen molar-refractivity contribution in [3.8, 4) is 11.5 Å². The van der Waals surface area contributed by atoms with Gasteiger partial charge < -0.3 is 95.7 Å². The maximum atomic E-state index is 15.3. The number of phenolic OH excluding ortho intramolecular Hbond substituents is 2. The number of primary amides is 2. The van der Waals surface area contributed by atoms with Crippen LogP contribution < -0.4 is 65.1 Å². The van der Waals surface area contributed by atoms with Crippen molar-refractivity contribution in [1.29, 1.82) is 0 Å². The average molecular weight is 1520 g/mol. The molecule has 6 rings (SSSR count). The van der Waals surface area contributed by atoms with E-state index in [1.165, 1.54) is 99.6 Å². The third-order valence-corrected chi connectivity index (χ3v) is 19.7. The number of anilines is 1. The molecule has 4 aromatic carbocycles. The summed E-state index contributed by atoms with van der Waals surface area (Å²) in [5, 5.41) is 84.9. The third-order valence-electron chi connectivity index (χ3n) is 17.0. The molecule has 2 saturated heterocycles. The van der Waals surface area contributed by atoms with Crippen LogP contribution in [0, 0.1) is 0 Å². The lowest BCUT2D eigenvalue weighted by Gasteiger charge is -2.30. The molecule has 0 radical (unpaired) electrons. The van der Waals surface area contributed by atoms with Gasteiger partial charge in [-0.1, -0.05) is 81.7 Å². The maximum absolute atomic E-state index is 15.3. The number of nitrogens with one attached hydrogen (secondary N) is 9. The number of carbonyl (C=O) groups is 13. The fourth-order valence-electron chi connectivity index (χ4n) is 11.4. The van der Waals surface area contributed by atoms with Gasteiger partial charge in [0.05, 0.1) is 19.2 Å². The van der Waals surface area contributed by atoms with Gasteiger partial charge in [-0.05, 0) is 110 Å².